The Morgan fingerprint density at radius 3 is 2.61 bits per heavy atom. The summed E-state index contributed by atoms with van der Waals surface area (Å²) in [6.45, 7) is 0. The fourth-order valence-corrected chi connectivity index (χ4v) is 3.95. The Hall–Kier alpha value is -4.04. The standard InChI is InChI=1S/C25H19BrN6O/c1-32-14-18(13-29-32)16-8-9-22-23(11-16)27-15-28-24(22)30-20-6-3-7-21(12-20)31-25(33)17-4-2-5-19(26)10-17/h2-15H,1H3,(H,31,33)(H,27,28,30). The summed E-state index contributed by atoms with van der Waals surface area (Å²) in [5.41, 5.74) is 4.96. The second kappa shape index (κ2) is 8.84. The van der Waals surface area contributed by atoms with E-state index in [1.54, 1.807) is 16.8 Å². The van der Waals surface area contributed by atoms with Crippen molar-refractivity contribution in [1.29, 1.82) is 0 Å². The van der Waals surface area contributed by atoms with Crippen LogP contribution in [0.5, 0.6) is 0 Å². The number of benzene rings is 3. The van der Waals surface area contributed by atoms with Crippen molar-refractivity contribution in [3.05, 3.63) is 95.5 Å². The number of aryl methyl sites for hydroxylation is 1. The molecule has 0 radical (unpaired) electrons. The molecule has 0 saturated carbocycles. The molecule has 2 heterocycles. The molecule has 3 aromatic carbocycles. The fraction of sp³-hybridized carbons (Fsp3) is 0.0400. The minimum absolute atomic E-state index is 0.177. The molecule has 0 aliphatic rings. The lowest BCUT2D eigenvalue weighted by molar-refractivity contribution is 0.102. The summed E-state index contributed by atoms with van der Waals surface area (Å²) in [5.74, 6) is 0.511. The second-order valence-electron chi connectivity index (χ2n) is 7.53. The first-order valence-corrected chi connectivity index (χ1v) is 11.0. The molecule has 0 aliphatic heterocycles. The molecule has 0 spiro atoms. The van der Waals surface area contributed by atoms with Crippen LogP contribution in [0.4, 0.5) is 17.2 Å². The Bertz CT molecular complexity index is 1480. The highest BCUT2D eigenvalue weighted by molar-refractivity contribution is 9.10. The summed E-state index contributed by atoms with van der Waals surface area (Å²) in [7, 11) is 1.89. The zero-order chi connectivity index (χ0) is 22.8. The average molecular weight is 499 g/mol. The number of anilines is 3. The highest BCUT2D eigenvalue weighted by atomic mass is 79.9. The number of aromatic nitrogens is 4. The van der Waals surface area contributed by atoms with Gasteiger partial charge in [0.1, 0.15) is 12.1 Å². The van der Waals surface area contributed by atoms with Crippen molar-refractivity contribution < 1.29 is 4.79 Å². The molecule has 2 N–H and O–H groups in total. The van der Waals surface area contributed by atoms with Gasteiger partial charge in [0.25, 0.3) is 5.91 Å². The summed E-state index contributed by atoms with van der Waals surface area (Å²) < 4.78 is 2.63. The first kappa shape index (κ1) is 20.8. The van der Waals surface area contributed by atoms with Crippen molar-refractivity contribution in [2.24, 2.45) is 7.05 Å². The number of hydrogen-bond donors (Lipinski definition) is 2. The van der Waals surface area contributed by atoms with Crippen LogP contribution < -0.4 is 10.6 Å². The number of halogens is 1. The van der Waals surface area contributed by atoms with Crippen LogP contribution in [0.25, 0.3) is 22.0 Å². The lowest BCUT2D eigenvalue weighted by Crippen LogP contribution is -2.11. The number of rotatable bonds is 5. The molecule has 0 bridgehead atoms. The number of nitrogens with zero attached hydrogens (tertiary/aromatic N) is 4. The van der Waals surface area contributed by atoms with Crippen LogP contribution >= 0.6 is 15.9 Å². The van der Waals surface area contributed by atoms with Crippen molar-refractivity contribution in [2.45, 2.75) is 0 Å². The molecule has 5 rings (SSSR count). The summed E-state index contributed by atoms with van der Waals surface area (Å²) >= 11 is 3.40. The van der Waals surface area contributed by atoms with E-state index in [2.05, 4.69) is 41.6 Å². The van der Waals surface area contributed by atoms with Crippen molar-refractivity contribution in [3.63, 3.8) is 0 Å². The normalized spacial score (nSPS) is 10.8. The third-order valence-corrected chi connectivity index (χ3v) is 5.64. The first-order valence-electron chi connectivity index (χ1n) is 10.2. The van der Waals surface area contributed by atoms with Gasteiger partial charge in [0.05, 0.1) is 11.7 Å². The van der Waals surface area contributed by atoms with E-state index in [9.17, 15) is 4.79 Å². The largest absolute Gasteiger partial charge is 0.340 e. The molecular formula is C25H19BrN6O. The van der Waals surface area contributed by atoms with Gasteiger partial charge in [-0.05, 0) is 54.1 Å². The van der Waals surface area contributed by atoms with Gasteiger partial charge in [0.15, 0.2) is 0 Å². The van der Waals surface area contributed by atoms with Gasteiger partial charge in [-0.25, -0.2) is 9.97 Å². The van der Waals surface area contributed by atoms with E-state index in [1.165, 1.54) is 6.33 Å². The van der Waals surface area contributed by atoms with Gasteiger partial charge >= 0.3 is 0 Å². The van der Waals surface area contributed by atoms with Gasteiger partial charge in [-0.1, -0.05) is 34.1 Å². The highest BCUT2D eigenvalue weighted by Gasteiger charge is 2.10. The third kappa shape index (κ3) is 4.61. The van der Waals surface area contributed by atoms with Crippen LogP contribution in [-0.2, 0) is 7.05 Å². The number of fused-ring (bicyclic) bond motifs is 1. The summed E-state index contributed by atoms with van der Waals surface area (Å²) in [5, 5.41) is 11.4. The van der Waals surface area contributed by atoms with E-state index in [1.807, 2.05) is 74.0 Å². The maximum Gasteiger partial charge on any atom is 0.255 e. The maximum absolute atomic E-state index is 12.6. The van der Waals surface area contributed by atoms with Crippen LogP contribution in [0.1, 0.15) is 10.4 Å². The molecule has 0 aliphatic carbocycles. The van der Waals surface area contributed by atoms with E-state index in [-0.39, 0.29) is 5.91 Å². The highest BCUT2D eigenvalue weighted by Crippen LogP contribution is 2.28. The molecule has 5 aromatic rings. The fourth-order valence-electron chi connectivity index (χ4n) is 3.55. The van der Waals surface area contributed by atoms with Crippen molar-refractivity contribution >= 4 is 49.9 Å². The van der Waals surface area contributed by atoms with E-state index >= 15 is 0 Å². The molecule has 8 heteroatoms. The van der Waals surface area contributed by atoms with Gasteiger partial charge in [-0.15, -0.1) is 0 Å². The van der Waals surface area contributed by atoms with Gasteiger partial charge in [0, 0.05) is 45.6 Å². The molecule has 7 nitrogen and oxygen atoms in total. The zero-order valence-electron chi connectivity index (χ0n) is 17.7. The van der Waals surface area contributed by atoms with Crippen LogP contribution in [0.2, 0.25) is 0 Å². The number of carbonyl (C=O) groups is 1. The summed E-state index contributed by atoms with van der Waals surface area (Å²) in [6, 6.07) is 20.8. The van der Waals surface area contributed by atoms with Crippen molar-refractivity contribution in [1.82, 2.24) is 19.7 Å². The van der Waals surface area contributed by atoms with Gasteiger partial charge in [-0.2, -0.15) is 5.10 Å². The molecule has 0 saturated heterocycles. The maximum atomic E-state index is 12.6. The first-order chi connectivity index (χ1) is 16.0. The van der Waals surface area contributed by atoms with E-state index in [0.717, 1.165) is 32.2 Å². The van der Waals surface area contributed by atoms with Crippen LogP contribution in [0, 0.1) is 0 Å². The summed E-state index contributed by atoms with van der Waals surface area (Å²) in [4.78, 5) is 21.4. The quantitative estimate of drug-likeness (QED) is 0.320. The summed E-state index contributed by atoms with van der Waals surface area (Å²) in [6.07, 6.45) is 5.33. The van der Waals surface area contributed by atoms with Crippen LogP contribution in [-0.4, -0.2) is 25.7 Å². The molecular weight excluding hydrogens is 480 g/mol. The molecule has 33 heavy (non-hydrogen) atoms. The van der Waals surface area contributed by atoms with Crippen molar-refractivity contribution in [2.75, 3.05) is 10.6 Å². The Balaban J connectivity index is 1.39. The van der Waals surface area contributed by atoms with Crippen LogP contribution in [0.15, 0.2) is 89.9 Å². The van der Waals surface area contributed by atoms with E-state index in [0.29, 0.717) is 17.1 Å². The minimum atomic E-state index is -0.177. The lowest BCUT2D eigenvalue weighted by atomic mass is 10.1. The number of hydrogen-bond acceptors (Lipinski definition) is 5. The third-order valence-electron chi connectivity index (χ3n) is 5.14. The van der Waals surface area contributed by atoms with Gasteiger partial charge < -0.3 is 10.6 Å². The van der Waals surface area contributed by atoms with Crippen LogP contribution in [0.3, 0.4) is 0 Å². The molecule has 0 unspecified atom stereocenters. The Labute approximate surface area is 198 Å². The van der Waals surface area contributed by atoms with E-state index in [4.69, 9.17) is 0 Å². The predicted molar refractivity (Wildman–Crippen MR) is 134 cm³/mol. The Morgan fingerprint density at radius 1 is 0.939 bits per heavy atom. The number of carbonyl (C=O) groups excluding carboxylic acids is 1. The number of amides is 1. The molecule has 2 aromatic heterocycles. The minimum Gasteiger partial charge on any atom is -0.340 e. The SMILES string of the molecule is Cn1cc(-c2ccc3c(Nc4cccc(NC(=O)c5cccc(Br)c5)c4)ncnc3c2)cn1. The Kier molecular flexibility index (Phi) is 5.58. The van der Waals surface area contributed by atoms with Gasteiger partial charge in [-0.3, -0.25) is 9.48 Å². The zero-order valence-corrected chi connectivity index (χ0v) is 19.2. The smallest absolute Gasteiger partial charge is 0.255 e. The van der Waals surface area contributed by atoms with Crippen molar-refractivity contribution in [3.8, 4) is 11.1 Å². The molecule has 1 amide bonds. The Morgan fingerprint density at radius 2 is 1.79 bits per heavy atom. The number of nitrogens with one attached hydrogen (secondary N) is 2. The predicted octanol–water partition coefficient (Wildman–Crippen LogP) is 5.79. The molecule has 0 fully saturated rings. The van der Waals surface area contributed by atoms with Gasteiger partial charge in [0.2, 0.25) is 0 Å². The molecule has 0 atom stereocenters. The monoisotopic (exact) mass is 498 g/mol. The second-order valence-corrected chi connectivity index (χ2v) is 8.44. The molecule has 162 valence electrons. The topological polar surface area (TPSA) is 84.7 Å². The van der Waals surface area contributed by atoms with E-state index < -0.39 is 0 Å². The average Bonchev–Trinajstić information content (AvgIpc) is 3.25. The lowest BCUT2D eigenvalue weighted by Gasteiger charge is -2.11.